The third-order valence-corrected chi connectivity index (χ3v) is 1.74. The molecule has 0 aliphatic carbocycles. The van der Waals surface area contributed by atoms with Crippen molar-refractivity contribution in [2.45, 2.75) is 32.8 Å². The van der Waals surface area contributed by atoms with E-state index in [-0.39, 0.29) is 0 Å². The number of nitrogens with one attached hydrogen (secondary N) is 1. The average Bonchev–Trinajstić information content (AvgIpc) is 2.14. The van der Waals surface area contributed by atoms with Crippen LogP contribution in [0.4, 0.5) is 0 Å². The second kappa shape index (κ2) is 9.96. The quantitative estimate of drug-likeness (QED) is 0.557. The largest absolute Gasteiger partial charge is 0.385 e. The molecule has 0 saturated carbocycles. The SMILES string of the molecule is CCCOC(C)CNCCCOC. The van der Waals surface area contributed by atoms with E-state index in [1.807, 2.05) is 0 Å². The summed E-state index contributed by atoms with van der Waals surface area (Å²) >= 11 is 0. The molecule has 0 heterocycles. The first-order valence-electron chi connectivity index (χ1n) is 5.12. The topological polar surface area (TPSA) is 30.5 Å². The van der Waals surface area contributed by atoms with Crippen molar-refractivity contribution in [1.29, 1.82) is 0 Å². The third-order valence-electron chi connectivity index (χ3n) is 1.74. The molecule has 0 aliphatic heterocycles. The minimum Gasteiger partial charge on any atom is -0.385 e. The molecule has 0 bridgehead atoms. The minimum atomic E-state index is 0.322. The van der Waals surface area contributed by atoms with Crippen LogP contribution in [0, 0.1) is 0 Å². The van der Waals surface area contributed by atoms with Crippen molar-refractivity contribution in [3.05, 3.63) is 0 Å². The van der Waals surface area contributed by atoms with Gasteiger partial charge < -0.3 is 14.8 Å². The first-order valence-corrected chi connectivity index (χ1v) is 5.12. The van der Waals surface area contributed by atoms with Gasteiger partial charge in [0.15, 0.2) is 0 Å². The number of hydrogen-bond donors (Lipinski definition) is 1. The van der Waals surface area contributed by atoms with Crippen LogP contribution in [0.1, 0.15) is 26.7 Å². The van der Waals surface area contributed by atoms with Crippen LogP contribution in [0.5, 0.6) is 0 Å². The molecule has 3 heteroatoms. The second-order valence-corrected chi connectivity index (χ2v) is 3.23. The fourth-order valence-corrected chi connectivity index (χ4v) is 1.02. The van der Waals surface area contributed by atoms with E-state index in [0.29, 0.717) is 6.10 Å². The Balaban J connectivity index is 3.03. The molecule has 0 fully saturated rings. The zero-order valence-electron chi connectivity index (χ0n) is 9.14. The Morgan fingerprint density at radius 2 is 2.08 bits per heavy atom. The number of methoxy groups -OCH3 is 1. The standard InChI is InChI=1S/C10H23NO2/c1-4-7-13-10(2)9-11-6-5-8-12-3/h10-11H,4-9H2,1-3H3. The van der Waals surface area contributed by atoms with Crippen molar-refractivity contribution in [2.24, 2.45) is 0 Å². The van der Waals surface area contributed by atoms with E-state index < -0.39 is 0 Å². The maximum atomic E-state index is 5.50. The van der Waals surface area contributed by atoms with E-state index in [2.05, 4.69) is 19.2 Å². The van der Waals surface area contributed by atoms with Crippen molar-refractivity contribution in [3.63, 3.8) is 0 Å². The van der Waals surface area contributed by atoms with Gasteiger partial charge >= 0.3 is 0 Å². The predicted molar refractivity (Wildman–Crippen MR) is 55.1 cm³/mol. The average molecular weight is 189 g/mol. The maximum absolute atomic E-state index is 5.50. The van der Waals surface area contributed by atoms with Gasteiger partial charge in [0.2, 0.25) is 0 Å². The van der Waals surface area contributed by atoms with Crippen molar-refractivity contribution in [2.75, 3.05) is 33.4 Å². The van der Waals surface area contributed by atoms with Crippen LogP contribution in [0.25, 0.3) is 0 Å². The molecule has 0 amide bonds. The first kappa shape index (κ1) is 12.9. The van der Waals surface area contributed by atoms with E-state index in [1.165, 1.54) is 0 Å². The molecule has 80 valence electrons. The Morgan fingerprint density at radius 1 is 1.31 bits per heavy atom. The molecule has 0 radical (unpaired) electrons. The molecule has 13 heavy (non-hydrogen) atoms. The van der Waals surface area contributed by atoms with Crippen LogP contribution in [0.3, 0.4) is 0 Å². The highest BCUT2D eigenvalue weighted by Gasteiger charge is 1.99. The molecule has 0 aromatic heterocycles. The van der Waals surface area contributed by atoms with Gasteiger partial charge in [0.1, 0.15) is 0 Å². The summed E-state index contributed by atoms with van der Waals surface area (Å²) in [6.07, 6.45) is 2.48. The Labute approximate surface area is 81.8 Å². The molecular weight excluding hydrogens is 166 g/mol. The molecule has 3 nitrogen and oxygen atoms in total. The molecule has 0 rings (SSSR count). The van der Waals surface area contributed by atoms with E-state index in [4.69, 9.17) is 9.47 Å². The highest BCUT2D eigenvalue weighted by molar-refractivity contribution is 4.55. The molecule has 0 aliphatic rings. The van der Waals surface area contributed by atoms with E-state index in [0.717, 1.165) is 39.1 Å². The number of rotatable bonds is 9. The molecule has 1 N–H and O–H groups in total. The van der Waals surface area contributed by atoms with Crippen LogP contribution < -0.4 is 5.32 Å². The lowest BCUT2D eigenvalue weighted by Gasteiger charge is -2.12. The summed E-state index contributed by atoms with van der Waals surface area (Å²) in [5.74, 6) is 0. The summed E-state index contributed by atoms with van der Waals surface area (Å²) in [6.45, 7) is 7.85. The van der Waals surface area contributed by atoms with Gasteiger partial charge in [0.05, 0.1) is 6.10 Å². The zero-order chi connectivity index (χ0) is 9.94. The summed E-state index contributed by atoms with van der Waals surface area (Å²) in [5, 5.41) is 3.32. The van der Waals surface area contributed by atoms with Crippen LogP contribution in [-0.4, -0.2) is 39.5 Å². The van der Waals surface area contributed by atoms with E-state index in [9.17, 15) is 0 Å². The Morgan fingerprint density at radius 3 is 2.69 bits per heavy atom. The van der Waals surface area contributed by atoms with Crippen LogP contribution >= 0.6 is 0 Å². The molecular formula is C10H23NO2. The molecule has 1 atom stereocenters. The van der Waals surface area contributed by atoms with Gasteiger partial charge in [-0.15, -0.1) is 0 Å². The fraction of sp³-hybridized carbons (Fsp3) is 1.00. The van der Waals surface area contributed by atoms with Crippen LogP contribution in [0.2, 0.25) is 0 Å². The first-order chi connectivity index (χ1) is 6.31. The van der Waals surface area contributed by atoms with E-state index >= 15 is 0 Å². The smallest absolute Gasteiger partial charge is 0.0671 e. The molecule has 0 aromatic carbocycles. The normalized spacial score (nSPS) is 13.2. The van der Waals surface area contributed by atoms with Gasteiger partial charge in [-0.2, -0.15) is 0 Å². The van der Waals surface area contributed by atoms with Crippen molar-refractivity contribution >= 4 is 0 Å². The van der Waals surface area contributed by atoms with Gasteiger partial charge in [-0.25, -0.2) is 0 Å². The lowest BCUT2D eigenvalue weighted by Crippen LogP contribution is -2.28. The summed E-state index contributed by atoms with van der Waals surface area (Å²) in [7, 11) is 1.73. The Hall–Kier alpha value is -0.120. The Bertz CT molecular complexity index is 98.9. The van der Waals surface area contributed by atoms with Crippen molar-refractivity contribution in [1.82, 2.24) is 5.32 Å². The summed E-state index contributed by atoms with van der Waals surface area (Å²) in [5.41, 5.74) is 0. The Kier molecular flexibility index (Phi) is 9.87. The predicted octanol–water partition coefficient (Wildman–Crippen LogP) is 1.43. The lowest BCUT2D eigenvalue weighted by molar-refractivity contribution is 0.0660. The second-order valence-electron chi connectivity index (χ2n) is 3.23. The van der Waals surface area contributed by atoms with Gasteiger partial charge in [-0.3, -0.25) is 0 Å². The molecule has 0 aromatic rings. The van der Waals surface area contributed by atoms with Crippen LogP contribution in [-0.2, 0) is 9.47 Å². The van der Waals surface area contributed by atoms with Gasteiger partial charge in [-0.05, 0) is 26.3 Å². The number of hydrogen-bond acceptors (Lipinski definition) is 3. The third kappa shape index (κ3) is 9.80. The van der Waals surface area contributed by atoms with Gasteiger partial charge in [0, 0.05) is 26.9 Å². The summed E-state index contributed by atoms with van der Waals surface area (Å²) in [6, 6.07) is 0. The minimum absolute atomic E-state index is 0.322. The monoisotopic (exact) mass is 189 g/mol. The summed E-state index contributed by atoms with van der Waals surface area (Å²) < 4.78 is 10.4. The maximum Gasteiger partial charge on any atom is 0.0671 e. The number of ether oxygens (including phenoxy) is 2. The molecule has 0 saturated heterocycles. The highest BCUT2D eigenvalue weighted by atomic mass is 16.5. The zero-order valence-corrected chi connectivity index (χ0v) is 9.14. The van der Waals surface area contributed by atoms with E-state index in [1.54, 1.807) is 7.11 Å². The highest BCUT2D eigenvalue weighted by Crippen LogP contribution is 1.90. The lowest BCUT2D eigenvalue weighted by atomic mass is 10.3. The van der Waals surface area contributed by atoms with Crippen LogP contribution in [0.15, 0.2) is 0 Å². The molecule has 0 spiro atoms. The van der Waals surface area contributed by atoms with Gasteiger partial charge in [0.25, 0.3) is 0 Å². The van der Waals surface area contributed by atoms with Crippen molar-refractivity contribution in [3.8, 4) is 0 Å². The van der Waals surface area contributed by atoms with Gasteiger partial charge in [-0.1, -0.05) is 6.92 Å². The van der Waals surface area contributed by atoms with Crippen molar-refractivity contribution < 1.29 is 9.47 Å². The molecule has 1 unspecified atom stereocenters. The fourth-order valence-electron chi connectivity index (χ4n) is 1.02. The summed E-state index contributed by atoms with van der Waals surface area (Å²) in [4.78, 5) is 0.